The van der Waals surface area contributed by atoms with Crippen LogP contribution in [-0.4, -0.2) is 34.4 Å². The molecule has 0 saturated heterocycles. The Morgan fingerprint density at radius 2 is 2.15 bits per heavy atom. The molecule has 0 spiro atoms. The van der Waals surface area contributed by atoms with Crippen LogP contribution in [-0.2, 0) is 16.1 Å². The average molecular weight is 424 g/mol. The second kappa shape index (κ2) is 8.43. The molecule has 3 rings (SSSR count). The van der Waals surface area contributed by atoms with Gasteiger partial charge < -0.3 is 10.5 Å². The van der Waals surface area contributed by atoms with Crippen molar-refractivity contribution in [2.75, 3.05) is 13.7 Å². The third-order valence-electron chi connectivity index (χ3n) is 4.02. The van der Waals surface area contributed by atoms with Crippen molar-refractivity contribution in [1.29, 1.82) is 0 Å². The van der Waals surface area contributed by atoms with Crippen LogP contribution >= 0.6 is 34.7 Å². The van der Waals surface area contributed by atoms with Crippen LogP contribution in [0.5, 0.6) is 0 Å². The number of thiophene rings is 1. The number of aromatic nitrogens is 2. The van der Waals surface area contributed by atoms with Crippen molar-refractivity contribution in [3.05, 3.63) is 45.0 Å². The first-order valence-corrected chi connectivity index (χ1v) is 10.3. The number of hydrogen-bond donors (Lipinski definition) is 1. The van der Waals surface area contributed by atoms with Gasteiger partial charge >= 0.3 is 0 Å². The quantitative estimate of drug-likeness (QED) is 0.465. The van der Waals surface area contributed by atoms with Crippen LogP contribution in [0.4, 0.5) is 0 Å². The number of rotatable bonds is 7. The highest BCUT2D eigenvalue weighted by atomic mass is 35.5. The lowest BCUT2D eigenvalue weighted by Gasteiger charge is -2.14. The fourth-order valence-electron chi connectivity index (χ4n) is 2.57. The average Bonchev–Trinajstić information content (AvgIpc) is 3.05. The molecule has 0 aliphatic heterocycles. The fourth-order valence-corrected chi connectivity index (χ4v) is 4.67. The molecule has 0 radical (unpaired) electrons. The summed E-state index contributed by atoms with van der Waals surface area (Å²) in [6.45, 7) is 2.36. The summed E-state index contributed by atoms with van der Waals surface area (Å²) in [5.41, 5.74) is 6.72. The Labute approximate surface area is 169 Å². The summed E-state index contributed by atoms with van der Waals surface area (Å²) in [4.78, 5) is 30.0. The van der Waals surface area contributed by atoms with Crippen LogP contribution in [0.15, 0.2) is 39.6 Å². The second-order valence-corrected chi connectivity index (χ2v) is 8.39. The van der Waals surface area contributed by atoms with E-state index >= 15 is 0 Å². The molecule has 1 amide bonds. The summed E-state index contributed by atoms with van der Waals surface area (Å²) < 4.78 is 6.66. The highest BCUT2D eigenvalue weighted by Crippen LogP contribution is 2.36. The van der Waals surface area contributed by atoms with Gasteiger partial charge in [0.15, 0.2) is 5.16 Å². The first-order chi connectivity index (χ1) is 12.9. The summed E-state index contributed by atoms with van der Waals surface area (Å²) in [5, 5.41) is 2.91. The summed E-state index contributed by atoms with van der Waals surface area (Å²) in [6, 6.07) is 7.38. The van der Waals surface area contributed by atoms with Gasteiger partial charge in [-0.3, -0.25) is 14.2 Å². The van der Waals surface area contributed by atoms with Crippen LogP contribution in [0.3, 0.4) is 0 Å². The lowest BCUT2D eigenvalue weighted by Crippen LogP contribution is -2.28. The number of primary amides is 1. The molecule has 3 aromatic rings. The molecular formula is C18H18ClN3O3S2. The number of hydrogen-bond acceptors (Lipinski definition) is 6. The Bertz CT molecular complexity index is 1050. The minimum Gasteiger partial charge on any atom is -0.383 e. The van der Waals surface area contributed by atoms with Gasteiger partial charge in [-0.2, -0.15) is 0 Å². The predicted octanol–water partition coefficient (Wildman–Crippen LogP) is 3.39. The number of fused-ring (bicyclic) bond motifs is 1. The number of ether oxygens (including phenoxy) is 1. The number of thioether (sulfide) groups is 1. The maximum Gasteiger partial charge on any atom is 0.263 e. The van der Waals surface area contributed by atoms with Gasteiger partial charge in [0.25, 0.3) is 5.56 Å². The highest BCUT2D eigenvalue weighted by molar-refractivity contribution is 8.00. The highest BCUT2D eigenvalue weighted by Gasteiger charge is 2.21. The van der Waals surface area contributed by atoms with Crippen LogP contribution in [0, 0.1) is 0 Å². The van der Waals surface area contributed by atoms with E-state index in [9.17, 15) is 9.59 Å². The van der Waals surface area contributed by atoms with Crippen LogP contribution in [0.25, 0.3) is 21.3 Å². The fraction of sp³-hybridized carbons (Fsp3) is 0.278. The van der Waals surface area contributed by atoms with E-state index in [1.807, 2.05) is 23.6 Å². The van der Waals surface area contributed by atoms with E-state index in [4.69, 9.17) is 22.1 Å². The second-order valence-electron chi connectivity index (χ2n) is 5.82. The van der Waals surface area contributed by atoms with E-state index in [1.165, 1.54) is 27.7 Å². The van der Waals surface area contributed by atoms with Crippen molar-refractivity contribution in [2.45, 2.75) is 23.9 Å². The van der Waals surface area contributed by atoms with Crippen LogP contribution < -0.4 is 11.3 Å². The third kappa shape index (κ3) is 4.03. The molecule has 9 heteroatoms. The van der Waals surface area contributed by atoms with Gasteiger partial charge in [-0.15, -0.1) is 11.3 Å². The molecule has 1 atom stereocenters. The summed E-state index contributed by atoms with van der Waals surface area (Å²) in [6.07, 6.45) is 0. The monoisotopic (exact) mass is 423 g/mol. The lowest BCUT2D eigenvalue weighted by atomic mass is 10.1. The number of halogens is 1. The number of nitrogens with zero attached hydrogens (tertiary/aromatic N) is 2. The molecule has 0 saturated carbocycles. The van der Waals surface area contributed by atoms with Gasteiger partial charge in [-0.05, 0) is 13.0 Å². The van der Waals surface area contributed by atoms with E-state index in [-0.39, 0.29) is 5.56 Å². The van der Waals surface area contributed by atoms with Gasteiger partial charge in [0, 0.05) is 28.6 Å². The molecule has 142 valence electrons. The molecular weight excluding hydrogens is 406 g/mol. The van der Waals surface area contributed by atoms with Gasteiger partial charge in [-0.1, -0.05) is 41.6 Å². The van der Waals surface area contributed by atoms with Crippen molar-refractivity contribution in [3.63, 3.8) is 0 Å². The Balaban J connectivity index is 2.21. The summed E-state index contributed by atoms with van der Waals surface area (Å²) in [5.74, 6) is -0.462. The maximum atomic E-state index is 13.3. The Morgan fingerprint density at radius 3 is 2.81 bits per heavy atom. The largest absolute Gasteiger partial charge is 0.383 e. The third-order valence-corrected chi connectivity index (χ3v) is 6.33. The van der Waals surface area contributed by atoms with E-state index in [1.54, 1.807) is 20.1 Å². The van der Waals surface area contributed by atoms with E-state index in [0.29, 0.717) is 33.5 Å². The number of amides is 1. The van der Waals surface area contributed by atoms with Crippen molar-refractivity contribution in [2.24, 2.45) is 5.73 Å². The van der Waals surface area contributed by atoms with Gasteiger partial charge in [-0.25, -0.2) is 4.98 Å². The zero-order chi connectivity index (χ0) is 19.6. The van der Waals surface area contributed by atoms with Crippen molar-refractivity contribution in [3.8, 4) is 11.1 Å². The van der Waals surface area contributed by atoms with Gasteiger partial charge in [0.2, 0.25) is 5.91 Å². The predicted molar refractivity (Wildman–Crippen MR) is 111 cm³/mol. The Morgan fingerprint density at radius 1 is 1.41 bits per heavy atom. The first-order valence-electron chi connectivity index (χ1n) is 8.16. The number of carbonyl (C=O) groups excluding carboxylic acids is 1. The molecule has 2 aromatic heterocycles. The van der Waals surface area contributed by atoms with E-state index in [2.05, 4.69) is 4.98 Å². The standard InChI is InChI=1S/C18H18ClN3O3S2/c1-10(15(20)23)27-18-21-16-14(17(24)22(18)7-8-25-2)12(9-26-16)11-5-3-4-6-13(11)19/h3-6,9-10H,7-8H2,1-2H3,(H2,20,23)/t10-/m1/s1. The molecule has 27 heavy (non-hydrogen) atoms. The Kier molecular flexibility index (Phi) is 6.21. The van der Waals surface area contributed by atoms with Crippen molar-refractivity contribution in [1.82, 2.24) is 9.55 Å². The minimum absolute atomic E-state index is 0.188. The molecule has 0 aliphatic carbocycles. The molecule has 0 bridgehead atoms. The van der Waals surface area contributed by atoms with E-state index < -0.39 is 11.2 Å². The van der Waals surface area contributed by atoms with Crippen LogP contribution in [0.1, 0.15) is 6.92 Å². The summed E-state index contributed by atoms with van der Waals surface area (Å²) in [7, 11) is 1.57. The SMILES string of the molecule is COCCn1c(S[C@H](C)C(N)=O)nc2scc(-c3ccccc3Cl)c2c1=O. The van der Waals surface area contributed by atoms with Crippen molar-refractivity contribution < 1.29 is 9.53 Å². The topological polar surface area (TPSA) is 87.2 Å². The maximum absolute atomic E-state index is 13.3. The molecule has 2 heterocycles. The number of nitrogens with two attached hydrogens (primary N) is 1. The van der Waals surface area contributed by atoms with Gasteiger partial charge in [0.1, 0.15) is 4.83 Å². The molecule has 0 aliphatic rings. The van der Waals surface area contributed by atoms with Gasteiger partial charge in [0.05, 0.1) is 23.8 Å². The molecule has 1 aromatic carbocycles. The smallest absolute Gasteiger partial charge is 0.263 e. The number of methoxy groups -OCH3 is 1. The normalized spacial score (nSPS) is 12.4. The number of carbonyl (C=O) groups is 1. The summed E-state index contributed by atoms with van der Waals surface area (Å²) >= 11 is 8.86. The Hall–Kier alpha value is -1.87. The minimum atomic E-state index is -0.508. The first kappa shape index (κ1) is 19.9. The lowest BCUT2D eigenvalue weighted by molar-refractivity contribution is -0.117. The molecule has 2 N–H and O–H groups in total. The zero-order valence-corrected chi connectivity index (χ0v) is 17.2. The van der Waals surface area contributed by atoms with E-state index in [0.717, 1.165) is 11.1 Å². The molecule has 0 unspecified atom stereocenters. The van der Waals surface area contributed by atoms with Crippen LogP contribution in [0.2, 0.25) is 5.02 Å². The number of benzene rings is 1. The molecule has 0 fully saturated rings. The zero-order valence-electron chi connectivity index (χ0n) is 14.8. The van der Waals surface area contributed by atoms with Crippen molar-refractivity contribution >= 4 is 50.8 Å². The molecule has 6 nitrogen and oxygen atoms in total.